The van der Waals surface area contributed by atoms with Crippen molar-refractivity contribution in [2.24, 2.45) is 0 Å². The van der Waals surface area contributed by atoms with Gasteiger partial charge in [0.25, 0.3) is 0 Å². The number of hydrogen-bond acceptors (Lipinski definition) is 5. The molecule has 0 saturated carbocycles. The molecule has 0 amide bonds. The molecule has 0 radical (unpaired) electrons. The Morgan fingerprint density at radius 3 is 2.95 bits per heavy atom. The molecule has 2 aromatic rings. The minimum atomic E-state index is 0.283. The monoisotopic (exact) mass is 261 g/mol. The number of pyridine rings is 1. The quantitative estimate of drug-likeness (QED) is 0.836. The Morgan fingerprint density at radius 2 is 2.26 bits per heavy atom. The zero-order chi connectivity index (χ0) is 13.7. The van der Waals surface area contributed by atoms with Crippen LogP contribution in [0.15, 0.2) is 34.9 Å². The summed E-state index contributed by atoms with van der Waals surface area (Å²) < 4.78 is 10.4. The highest BCUT2D eigenvalue weighted by molar-refractivity contribution is 5.53. The van der Waals surface area contributed by atoms with Gasteiger partial charge in [-0.05, 0) is 37.6 Å². The summed E-state index contributed by atoms with van der Waals surface area (Å²) in [5.74, 6) is 2.21. The van der Waals surface area contributed by atoms with Crippen molar-refractivity contribution in [3.05, 3.63) is 36.3 Å². The molecule has 5 heteroatoms. The third kappa shape index (κ3) is 3.64. The number of hydrogen-bond donors (Lipinski definition) is 2. The van der Waals surface area contributed by atoms with Gasteiger partial charge in [0.05, 0.1) is 19.1 Å². The highest BCUT2D eigenvalue weighted by atomic mass is 16.5. The van der Waals surface area contributed by atoms with Crippen molar-refractivity contribution in [1.82, 2.24) is 4.98 Å². The number of rotatable bonds is 6. The van der Waals surface area contributed by atoms with Gasteiger partial charge in [0, 0.05) is 12.5 Å². The maximum absolute atomic E-state index is 5.73. The van der Waals surface area contributed by atoms with E-state index in [9.17, 15) is 0 Å². The number of nitrogens with zero attached hydrogens (tertiary/aromatic N) is 1. The predicted molar refractivity (Wildman–Crippen MR) is 75.3 cm³/mol. The van der Waals surface area contributed by atoms with Gasteiger partial charge in [0.1, 0.15) is 11.6 Å². The molecule has 5 nitrogen and oxygen atoms in total. The van der Waals surface area contributed by atoms with Crippen molar-refractivity contribution < 1.29 is 9.15 Å². The van der Waals surface area contributed by atoms with Gasteiger partial charge < -0.3 is 20.2 Å². The second-order valence-corrected chi connectivity index (χ2v) is 4.46. The minimum Gasteiger partial charge on any atom is -0.479 e. The van der Waals surface area contributed by atoms with Crippen molar-refractivity contribution in [2.75, 3.05) is 18.2 Å². The van der Waals surface area contributed by atoms with Crippen LogP contribution in [0.1, 0.15) is 19.1 Å². The maximum Gasteiger partial charge on any atom is 0.238 e. The minimum absolute atomic E-state index is 0.283. The molecule has 0 fully saturated rings. The van der Waals surface area contributed by atoms with E-state index >= 15 is 0 Å². The van der Waals surface area contributed by atoms with Crippen molar-refractivity contribution >= 4 is 11.5 Å². The molecule has 1 unspecified atom stereocenters. The molecule has 0 aromatic carbocycles. The van der Waals surface area contributed by atoms with E-state index in [-0.39, 0.29) is 6.04 Å². The molecule has 0 bridgehead atoms. The normalized spacial score (nSPS) is 12.1. The van der Waals surface area contributed by atoms with Crippen LogP contribution in [0.3, 0.4) is 0 Å². The summed E-state index contributed by atoms with van der Waals surface area (Å²) in [6.45, 7) is 2.10. The first-order chi connectivity index (χ1) is 9.19. The Labute approximate surface area is 112 Å². The number of nitrogen functional groups attached to an aromatic ring is 1. The van der Waals surface area contributed by atoms with Gasteiger partial charge in [-0.1, -0.05) is 0 Å². The van der Waals surface area contributed by atoms with E-state index in [1.807, 2.05) is 18.2 Å². The summed E-state index contributed by atoms with van der Waals surface area (Å²) in [5, 5.41) is 3.32. The molecule has 2 aromatic heterocycles. The largest absolute Gasteiger partial charge is 0.479 e. The third-order valence-electron chi connectivity index (χ3n) is 2.88. The van der Waals surface area contributed by atoms with Gasteiger partial charge in [-0.15, -0.1) is 0 Å². The van der Waals surface area contributed by atoms with Crippen LogP contribution >= 0.6 is 0 Å². The molecule has 102 valence electrons. The Hall–Kier alpha value is -2.17. The standard InChI is InChI=1S/C14H19N3O2/c1-10(5-6-11-4-3-9-19-11)16-13-8-7-12(15)14(17-13)18-2/h3-4,7-10H,5-6,15H2,1-2H3,(H,16,17). The van der Waals surface area contributed by atoms with Gasteiger partial charge in [0.15, 0.2) is 0 Å². The van der Waals surface area contributed by atoms with Crippen LogP contribution in [-0.2, 0) is 6.42 Å². The number of furan rings is 1. The third-order valence-corrected chi connectivity index (χ3v) is 2.88. The van der Waals surface area contributed by atoms with E-state index in [4.69, 9.17) is 14.9 Å². The maximum atomic E-state index is 5.73. The van der Waals surface area contributed by atoms with Gasteiger partial charge in [0.2, 0.25) is 5.88 Å². The fourth-order valence-electron chi connectivity index (χ4n) is 1.83. The average Bonchev–Trinajstić information content (AvgIpc) is 2.92. The molecule has 19 heavy (non-hydrogen) atoms. The smallest absolute Gasteiger partial charge is 0.238 e. The summed E-state index contributed by atoms with van der Waals surface area (Å²) >= 11 is 0. The van der Waals surface area contributed by atoms with Crippen LogP contribution in [0.4, 0.5) is 11.5 Å². The molecule has 0 aliphatic heterocycles. The number of nitrogens with two attached hydrogens (primary N) is 1. The predicted octanol–water partition coefficient (Wildman–Crippen LogP) is 2.70. The molecule has 0 saturated heterocycles. The molecular formula is C14H19N3O2. The van der Waals surface area contributed by atoms with Crippen molar-refractivity contribution in [3.63, 3.8) is 0 Å². The number of aromatic nitrogens is 1. The van der Waals surface area contributed by atoms with E-state index in [0.717, 1.165) is 24.4 Å². The number of nitrogens with one attached hydrogen (secondary N) is 1. The van der Waals surface area contributed by atoms with Gasteiger partial charge >= 0.3 is 0 Å². The van der Waals surface area contributed by atoms with Gasteiger partial charge in [-0.3, -0.25) is 0 Å². The molecular weight excluding hydrogens is 242 g/mol. The summed E-state index contributed by atoms with van der Waals surface area (Å²) in [6, 6.07) is 7.80. The van der Waals surface area contributed by atoms with Gasteiger partial charge in [-0.2, -0.15) is 4.98 Å². The van der Waals surface area contributed by atoms with E-state index in [1.54, 1.807) is 19.4 Å². The molecule has 1 atom stereocenters. The molecule has 0 aliphatic rings. The Bertz CT molecular complexity index is 511. The van der Waals surface area contributed by atoms with Crippen LogP contribution in [0.2, 0.25) is 0 Å². The fourth-order valence-corrected chi connectivity index (χ4v) is 1.83. The number of aryl methyl sites for hydroxylation is 1. The van der Waals surface area contributed by atoms with Crippen LogP contribution in [0.25, 0.3) is 0 Å². The van der Waals surface area contributed by atoms with E-state index < -0.39 is 0 Å². The second kappa shape index (κ2) is 6.13. The number of ether oxygens (including phenoxy) is 1. The fraction of sp³-hybridized carbons (Fsp3) is 0.357. The Balaban J connectivity index is 1.89. The second-order valence-electron chi connectivity index (χ2n) is 4.46. The van der Waals surface area contributed by atoms with Crippen LogP contribution in [0.5, 0.6) is 5.88 Å². The summed E-state index contributed by atoms with van der Waals surface area (Å²) in [7, 11) is 1.56. The first kappa shape index (κ1) is 13.3. The molecule has 2 heterocycles. The van der Waals surface area contributed by atoms with Crippen molar-refractivity contribution in [2.45, 2.75) is 25.8 Å². The van der Waals surface area contributed by atoms with E-state index in [2.05, 4.69) is 17.2 Å². The van der Waals surface area contributed by atoms with Crippen LogP contribution < -0.4 is 15.8 Å². The lowest BCUT2D eigenvalue weighted by atomic mass is 10.1. The van der Waals surface area contributed by atoms with E-state index in [1.165, 1.54) is 0 Å². The zero-order valence-corrected chi connectivity index (χ0v) is 11.2. The lowest BCUT2D eigenvalue weighted by Crippen LogP contribution is -2.17. The number of anilines is 2. The SMILES string of the molecule is COc1nc(NC(C)CCc2ccco2)ccc1N. The number of methoxy groups -OCH3 is 1. The molecule has 3 N–H and O–H groups in total. The topological polar surface area (TPSA) is 73.3 Å². The average molecular weight is 261 g/mol. The highest BCUT2D eigenvalue weighted by Crippen LogP contribution is 2.21. The molecule has 0 spiro atoms. The summed E-state index contributed by atoms with van der Waals surface area (Å²) in [6.07, 6.45) is 3.55. The van der Waals surface area contributed by atoms with Crippen molar-refractivity contribution in [3.8, 4) is 5.88 Å². The first-order valence-electron chi connectivity index (χ1n) is 6.28. The lowest BCUT2D eigenvalue weighted by molar-refractivity contribution is 0.400. The molecule has 2 rings (SSSR count). The molecule has 0 aliphatic carbocycles. The highest BCUT2D eigenvalue weighted by Gasteiger charge is 2.07. The van der Waals surface area contributed by atoms with Crippen LogP contribution in [-0.4, -0.2) is 18.1 Å². The van der Waals surface area contributed by atoms with Crippen LogP contribution in [0, 0.1) is 0 Å². The Morgan fingerprint density at radius 1 is 1.42 bits per heavy atom. The van der Waals surface area contributed by atoms with Crippen molar-refractivity contribution in [1.29, 1.82) is 0 Å². The zero-order valence-electron chi connectivity index (χ0n) is 11.2. The Kier molecular flexibility index (Phi) is 4.28. The summed E-state index contributed by atoms with van der Waals surface area (Å²) in [4.78, 5) is 4.29. The summed E-state index contributed by atoms with van der Waals surface area (Å²) in [5.41, 5.74) is 6.26. The van der Waals surface area contributed by atoms with E-state index in [0.29, 0.717) is 11.6 Å². The van der Waals surface area contributed by atoms with Gasteiger partial charge in [-0.25, -0.2) is 0 Å². The lowest BCUT2D eigenvalue weighted by Gasteiger charge is -2.14. The first-order valence-corrected chi connectivity index (χ1v) is 6.28.